The number of nitrogens with zero attached hydrogens (tertiary/aromatic N) is 2. The topological polar surface area (TPSA) is 123 Å². The van der Waals surface area contributed by atoms with E-state index in [1.807, 2.05) is 0 Å². The molecule has 1 amide bonds. The largest absolute Gasteiger partial charge is 0.503 e. The Morgan fingerprint density at radius 2 is 2.03 bits per heavy atom. The van der Waals surface area contributed by atoms with E-state index < -0.39 is 29.5 Å². The second-order valence-corrected chi connectivity index (χ2v) is 7.70. The van der Waals surface area contributed by atoms with Gasteiger partial charge in [-0.15, -0.1) is 12.4 Å². The van der Waals surface area contributed by atoms with Crippen LogP contribution in [0, 0.1) is 13.8 Å². The number of ketones is 1. The minimum Gasteiger partial charge on any atom is -0.503 e. The molecule has 9 nitrogen and oxygen atoms in total. The van der Waals surface area contributed by atoms with Crippen molar-refractivity contribution in [2.75, 3.05) is 11.5 Å². The van der Waals surface area contributed by atoms with E-state index in [-0.39, 0.29) is 46.1 Å². The van der Waals surface area contributed by atoms with Crippen LogP contribution in [-0.4, -0.2) is 34.4 Å². The number of furan rings is 2. The third-order valence-corrected chi connectivity index (χ3v) is 5.82. The number of thiazole rings is 1. The Labute approximate surface area is 192 Å². The molecular weight excluding hydrogens is 460 g/mol. The summed E-state index contributed by atoms with van der Waals surface area (Å²) in [5.74, 6) is -2.05. The molecule has 1 aliphatic heterocycles. The van der Waals surface area contributed by atoms with Gasteiger partial charge in [0.05, 0.1) is 24.1 Å². The number of aromatic nitrogens is 1. The Morgan fingerprint density at radius 1 is 1.28 bits per heavy atom. The van der Waals surface area contributed by atoms with Crippen molar-refractivity contribution < 1.29 is 33.1 Å². The van der Waals surface area contributed by atoms with Crippen LogP contribution in [-0.2, 0) is 9.53 Å². The highest BCUT2D eigenvalue weighted by molar-refractivity contribution is 7.17. The Balaban J connectivity index is 0.00000289. The fraction of sp³-hybridized carbons (Fsp3) is 0.238. The highest BCUT2D eigenvalue weighted by Crippen LogP contribution is 2.44. The van der Waals surface area contributed by atoms with Crippen LogP contribution in [0.4, 0.5) is 5.13 Å². The molecule has 1 unspecified atom stereocenters. The van der Waals surface area contributed by atoms with Gasteiger partial charge in [0.1, 0.15) is 22.4 Å². The number of ether oxygens (including phenoxy) is 1. The summed E-state index contributed by atoms with van der Waals surface area (Å²) in [4.78, 5) is 44.1. The molecule has 0 fully saturated rings. The van der Waals surface area contributed by atoms with E-state index in [1.165, 1.54) is 12.3 Å². The number of esters is 1. The number of aliphatic hydroxyl groups is 1. The van der Waals surface area contributed by atoms with Gasteiger partial charge in [-0.2, -0.15) is 0 Å². The fourth-order valence-electron chi connectivity index (χ4n) is 3.31. The first-order valence-corrected chi connectivity index (χ1v) is 10.2. The third-order valence-electron chi connectivity index (χ3n) is 4.68. The lowest BCUT2D eigenvalue weighted by Gasteiger charge is -2.21. The number of carbonyl (C=O) groups is 3. The molecule has 1 aliphatic rings. The van der Waals surface area contributed by atoms with Crippen LogP contribution in [0.5, 0.6) is 0 Å². The Bertz CT molecular complexity index is 1210. The summed E-state index contributed by atoms with van der Waals surface area (Å²) in [6.45, 7) is 5.16. The summed E-state index contributed by atoms with van der Waals surface area (Å²) in [7, 11) is 0. The summed E-state index contributed by atoms with van der Waals surface area (Å²) < 4.78 is 15.9. The zero-order chi connectivity index (χ0) is 22.3. The molecule has 0 aliphatic carbocycles. The Hall–Kier alpha value is -3.37. The van der Waals surface area contributed by atoms with Gasteiger partial charge in [-0.25, -0.2) is 9.78 Å². The SMILES string of the molecule is CCOC(=O)c1sc(N2C(=O)C(O)=C(C(=O)c3ccc(C)o3)C2c2ccco2)nc1C.Cl. The quantitative estimate of drug-likeness (QED) is 0.410. The Morgan fingerprint density at radius 3 is 2.62 bits per heavy atom. The first kappa shape index (κ1) is 23.3. The van der Waals surface area contributed by atoms with Crippen molar-refractivity contribution in [1.82, 2.24) is 4.98 Å². The van der Waals surface area contributed by atoms with E-state index in [0.717, 1.165) is 16.2 Å². The molecule has 3 aromatic heterocycles. The van der Waals surface area contributed by atoms with E-state index in [4.69, 9.17) is 13.6 Å². The van der Waals surface area contributed by atoms with Gasteiger partial charge in [-0.05, 0) is 45.0 Å². The van der Waals surface area contributed by atoms with Crippen molar-refractivity contribution in [3.8, 4) is 0 Å². The second-order valence-electron chi connectivity index (χ2n) is 6.73. The lowest BCUT2D eigenvalue weighted by Crippen LogP contribution is -2.30. The van der Waals surface area contributed by atoms with Crippen LogP contribution in [0.2, 0.25) is 0 Å². The van der Waals surface area contributed by atoms with Gasteiger partial charge in [-0.1, -0.05) is 11.3 Å². The molecule has 0 radical (unpaired) electrons. The van der Waals surface area contributed by atoms with E-state index in [9.17, 15) is 19.5 Å². The molecule has 1 atom stereocenters. The summed E-state index contributed by atoms with van der Waals surface area (Å²) in [5.41, 5.74) is 0.171. The van der Waals surface area contributed by atoms with E-state index in [1.54, 1.807) is 39.0 Å². The number of rotatable bonds is 6. The maximum Gasteiger partial charge on any atom is 0.350 e. The fourth-order valence-corrected chi connectivity index (χ4v) is 4.30. The summed E-state index contributed by atoms with van der Waals surface area (Å²) in [6.07, 6.45) is 1.39. The van der Waals surface area contributed by atoms with Crippen LogP contribution in [0.3, 0.4) is 0 Å². The number of halogens is 1. The molecule has 4 heterocycles. The maximum atomic E-state index is 13.1. The van der Waals surface area contributed by atoms with Crippen molar-refractivity contribution in [2.24, 2.45) is 0 Å². The van der Waals surface area contributed by atoms with Gasteiger partial charge in [0.15, 0.2) is 16.7 Å². The third kappa shape index (κ3) is 3.82. The zero-order valence-electron chi connectivity index (χ0n) is 17.3. The molecule has 0 spiro atoms. The van der Waals surface area contributed by atoms with Crippen LogP contribution in [0.15, 0.2) is 50.7 Å². The standard InChI is InChI=1S/C21H18N2O7S.ClH/c1-4-28-20(27)18-11(3)22-21(31-18)23-15(12-6-5-9-29-12)14(17(25)19(23)26)16(24)13-8-7-10(2)30-13;/h5-9,15,25H,4H2,1-3H3;1H. The first-order chi connectivity index (χ1) is 14.8. The minimum atomic E-state index is -1.08. The molecule has 0 saturated heterocycles. The number of Topliss-reactive ketones (excluding diaryl/α,β-unsaturated/α-hetero) is 1. The van der Waals surface area contributed by atoms with Gasteiger partial charge >= 0.3 is 5.97 Å². The highest BCUT2D eigenvalue weighted by Gasteiger charge is 2.48. The molecule has 11 heteroatoms. The molecule has 32 heavy (non-hydrogen) atoms. The summed E-state index contributed by atoms with van der Waals surface area (Å²) >= 11 is 0.931. The van der Waals surface area contributed by atoms with Crippen LogP contribution < -0.4 is 4.90 Å². The molecule has 3 aromatic rings. The van der Waals surface area contributed by atoms with Crippen LogP contribution in [0.25, 0.3) is 0 Å². The van der Waals surface area contributed by atoms with Crippen molar-refractivity contribution in [2.45, 2.75) is 26.8 Å². The number of anilines is 1. The zero-order valence-corrected chi connectivity index (χ0v) is 18.9. The van der Waals surface area contributed by atoms with Gasteiger partial charge < -0.3 is 18.7 Å². The van der Waals surface area contributed by atoms with E-state index >= 15 is 0 Å². The number of aryl methyl sites for hydroxylation is 2. The summed E-state index contributed by atoms with van der Waals surface area (Å²) in [6, 6.07) is 5.18. The van der Waals surface area contributed by atoms with E-state index in [2.05, 4.69) is 4.98 Å². The molecule has 168 valence electrons. The van der Waals surface area contributed by atoms with Crippen molar-refractivity contribution in [3.05, 3.63) is 69.7 Å². The average Bonchev–Trinajstić information content (AvgIpc) is 3.50. The van der Waals surface area contributed by atoms with Crippen molar-refractivity contribution in [1.29, 1.82) is 0 Å². The smallest absolute Gasteiger partial charge is 0.350 e. The number of hydrogen-bond acceptors (Lipinski definition) is 9. The minimum absolute atomic E-state index is 0. The molecule has 1 N–H and O–H groups in total. The van der Waals surface area contributed by atoms with Gasteiger partial charge in [0.2, 0.25) is 5.78 Å². The number of amides is 1. The molecular formula is C21H19ClN2O7S. The average molecular weight is 479 g/mol. The molecule has 0 saturated carbocycles. The predicted octanol–water partition coefficient (Wildman–Crippen LogP) is 4.33. The first-order valence-electron chi connectivity index (χ1n) is 9.39. The highest BCUT2D eigenvalue weighted by atomic mass is 35.5. The van der Waals surface area contributed by atoms with Gasteiger partial charge in [0.25, 0.3) is 5.91 Å². The van der Waals surface area contributed by atoms with Gasteiger partial charge in [0, 0.05) is 0 Å². The lowest BCUT2D eigenvalue weighted by molar-refractivity contribution is -0.117. The van der Waals surface area contributed by atoms with Crippen molar-refractivity contribution >= 4 is 46.5 Å². The Kier molecular flexibility index (Phi) is 6.56. The van der Waals surface area contributed by atoms with Crippen LogP contribution in [0.1, 0.15) is 50.4 Å². The second kappa shape index (κ2) is 9.01. The van der Waals surface area contributed by atoms with E-state index in [0.29, 0.717) is 11.5 Å². The molecule has 0 aromatic carbocycles. The monoisotopic (exact) mass is 478 g/mol. The number of aliphatic hydroxyl groups excluding tert-OH is 1. The summed E-state index contributed by atoms with van der Waals surface area (Å²) in [5, 5.41) is 10.8. The van der Waals surface area contributed by atoms with Crippen LogP contribution >= 0.6 is 23.7 Å². The van der Waals surface area contributed by atoms with Crippen molar-refractivity contribution in [3.63, 3.8) is 0 Å². The predicted molar refractivity (Wildman–Crippen MR) is 116 cm³/mol. The lowest BCUT2D eigenvalue weighted by atomic mass is 10.00. The number of carbonyl (C=O) groups excluding carboxylic acids is 3. The normalized spacial score (nSPS) is 15.8. The number of hydrogen-bond donors (Lipinski definition) is 1. The van der Waals surface area contributed by atoms with Gasteiger partial charge in [-0.3, -0.25) is 14.5 Å². The maximum absolute atomic E-state index is 13.1. The molecule has 4 rings (SSSR count). The molecule has 0 bridgehead atoms.